The number of carboxylic acid groups (broad SMARTS) is 1. The van der Waals surface area contributed by atoms with Gasteiger partial charge in [-0.15, -0.1) is 0 Å². The molecular weight excluding hydrogens is 422 g/mol. The molecule has 34 heavy (non-hydrogen) atoms. The Morgan fingerprint density at radius 3 is 2.35 bits per heavy atom. The Morgan fingerprint density at radius 1 is 0.971 bits per heavy atom. The van der Waals surface area contributed by atoms with E-state index in [0.717, 1.165) is 40.0 Å². The molecule has 1 aliphatic carbocycles. The fourth-order valence-electron chi connectivity index (χ4n) is 4.89. The van der Waals surface area contributed by atoms with Crippen molar-refractivity contribution in [3.05, 3.63) is 95.3 Å². The molecule has 5 nitrogen and oxygen atoms in total. The van der Waals surface area contributed by atoms with Crippen LogP contribution in [0, 0.1) is 0 Å². The van der Waals surface area contributed by atoms with Crippen LogP contribution >= 0.6 is 0 Å². The van der Waals surface area contributed by atoms with Crippen LogP contribution in [0.3, 0.4) is 0 Å². The topological polar surface area (TPSA) is 69.2 Å². The Hall–Kier alpha value is -3.70. The summed E-state index contributed by atoms with van der Waals surface area (Å²) in [7, 11) is 4.01. The van der Waals surface area contributed by atoms with Gasteiger partial charge >= 0.3 is 5.97 Å². The Morgan fingerprint density at radius 2 is 1.71 bits per heavy atom. The molecule has 1 atom stereocenters. The fraction of sp³-hybridized carbons (Fsp3) is 0.241. The smallest absolute Gasteiger partial charge is 0.335 e. The summed E-state index contributed by atoms with van der Waals surface area (Å²) in [5.41, 5.74) is 8.22. The summed E-state index contributed by atoms with van der Waals surface area (Å²) in [6.45, 7) is 0. The van der Waals surface area contributed by atoms with Crippen molar-refractivity contribution in [2.45, 2.75) is 31.7 Å². The second kappa shape index (κ2) is 9.27. The number of aromatic nitrogens is 2. The molecule has 1 aliphatic rings. The van der Waals surface area contributed by atoms with Crippen LogP contribution in [0.5, 0.6) is 0 Å². The van der Waals surface area contributed by atoms with Gasteiger partial charge in [0.15, 0.2) is 0 Å². The van der Waals surface area contributed by atoms with Crippen molar-refractivity contribution in [1.82, 2.24) is 14.9 Å². The molecule has 0 radical (unpaired) electrons. The number of benzene rings is 3. The van der Waals surface area contributed by atoms with Crippen LogP contribution in [0.15, 0.2) is 72.8 Å². The summed E-state index contributed by atoms with van der Waals surface area (Å²) in [4.78, 5) is 21.9. The number of hydrogen-bond acceptors (Lipinski definition) is 3. The van der Waals surface area contributed by atoms with Gasteiger partial charge in [-0.05, 0) is 80.2 Å². The molecule has 0 aliphatic heterocycles. The van der Waals surface area contributed by atoms with Crippen molar-refractivity contribution in [3.63, 3.8) is 0 Å². The lowest BCUT2D eigenvalue weighted by atomic mass is 9.92. The molecule has 0 bridgehead atoms. The van der Waals surface area contributed by atoms with Gasteiger partial charge in [-0.1, -0.05) is 54.6 Å². The van der Waals surface area contributed by atoms with E-state index in [9.17, 15) is 9.90 Å². The number of aromatic carboxylic acids is 1. The summed E-state index contributed by atoms with van der Waals surface area (Å²) in [6, 6.07) is 22.0. The molecular formula is C29H29N3O2. The highest BCUT2D eigenvalue weighted by Gasteiger charge is 2.22. The fourth-order valence-corrected chi connectivity index (χ4v) is 4.89. The maximum Gasteiger partial charge on any atom is 0.335 e. The minimum Gasteiger partial charge on any atom is -0.478 e. The van der Waals surface area contributed by atoms with E-state index >= 15 is 0 Å². The predicted molar refractivity (Wildman–Crippen MR) is 137 cm³/mol. The normalized spacial score (nSPS) is 14.9. The van der Waals surface area contributed by atoms with Gasteiger partial charge in [-0.2, -0.15) is 0 Å². The predicted octanol–water partition coefficient (Wildman–Crippen LogP) is 6.54. The number of H-pyrrole nitrogens is 1. The number of imidazole rings is 1. The van der Waals surface area contributed by atoms with Crippen LogP contribution in [-0.2, 0) is 0 Å². The number of fused-ring (bicyclic) bond motifs is 1. The highest BCUT2D eigenvalue weighted by atomic mass is 16.4. The lowest BCUT2D eigenvalue weighted by molar-refractivity contribution is 0.0697. The summed E-state index contributed by atoms with van der Waals surface area (Å²) < 4.78 is 0. The quantitative estimate of drug-likeness (QED) is 0.349. The molecule has 1 unspecified atom stereocenters. The first-order chi connectivity index (χ1) is 16.5. The number of para-hydroxylation sites is 1. The number of nitrogens with zero attached hydrogens (tertiary/aromatic N) is 2. The molecule has 0 saturated carbocycles. The molecule has 3 aromatic carbocycles. The molecule has 0 spiro atoms. The van der Waals surface area contributed by atoms with Gasteiger partial charge in [0.25, 0.3) is 0 Å². The van der Waals surface area contributed by atoms with Gasteiger partial charge in [0.1, 0.15) is 5.82 Å². The minimum atomic E-state index is -0.924. The molecule has 5 rings (SSSR count). The van der Waals surface area contributed by atoms with E-state index in [-0.39, 0.29) is 11.6 Å². The number of aromatic amines is 1. The van der Waals surface area contributed by atoms with Gasteiger partial charge in [-0.25, -0.2) is 9.78 Å². The van der Waals surface area contributed by atoms with Crippen molar-refractivity contribution in [1.29, 1.82) is 0 Å². The van der Waals surface area contributed by atoms with E-state index in [0.29, 0.717) is 0 Å². The second-order valence-electron chi connectivity index (χ2n) is 9.17. The van der Waals surface area contributed by atoms with Crippen LogP contribution < -0.4 is 0 Å². The van der Waals surface area contributed by atoms with E-state index in [1.54, 1.807) is 12.1 Å². The van der Waals surface area contributed by atoms with E-state index in [2.05, 4.69) is 58.4 Å². The number of nitrogens with one attached hydrogen (secondary N) is 1. The third kappa shape index (κ3) is 4.27. The Kier molecular flexibility index (Phi) is 6.03. The van der Waals surface area contributed by atoms with Gasteiger partial charge < -0.3 is 10.1 Å². The van der Waals surface area contributed by atoms with Crippen molar-refractivity contribution in [2.75, 3.05) is 14.1 Å². The van der Waals surface area contributed by atoms with Crippen LogP contribution in [0.1, 0.15) is 59.0 Å². The van der Waals surface area contributed by atoms with E-state index < -0.39 is 5.97 Å². The molecule has 172 valence electrons. The lowest BCUT2D eigenvalue weighted by Gasteiger charge is -2.22. The summed E-state index contributed by atoms with van der Waals surface area (Å²) >= 11 is 0. The largest absolute Gasteiger partial charge is 0.478 e. The average Bonchev–Trinajstić information content (AvgIpc) is 3.28. The first-order valence-electron chi connectivity index (χ1n) is 11.8. The maximum absolute atomic E-state index is 11.3. The van der Waals surface area contributed by atoms with Crippen molar-refractivity contribution < 1.29 is 9.90 Å². The third-order valence-corrected chi connectivity index (χ3v) is 6.64. The highest BCUT2D eigenvalue weighted by Crippen LogP contribution is 2.33. The monoisotopic (exact) mass is 451 g/mol. The first kappa shape index (κ1) is 22.1. The van der Waals surface area contributed by atoms with Crippen LogP contribution in [0.2, 0.25) is 0 Å². The molecule has 5 heteroatoms. The van der Waals surface area contributed by atoms with E-state index in [4.69, 9.17) is 4.98 Å². The van der Waals surface area contributed by atoms with E-state index in [1.807, 2.05) is 26.2 Å². The molecule has 1 heterocycles. The number of rotatable bonds is 6. The number of hydrogen-bond donors (Lipinski definition) is 2. The highest BCUT2D eigenvalue weighted by molar-refractivity contribution is 5.92. The number of carbonyl (C=O) groups is 1. The molecule has 0 saturated heterocycles. The van der Waals surface area contributed by atoms with Crippen LogP contribution in [-0.4, -0.2) is 40.0 Å². The van der Waals surface area contributed by atoms with Gasteiger partial charge in [-0.3, -0.25) is 4.90 Å². The molecule has 0 fully saturated rings. The molecule has 0 amide bonds. The van der Waals surface area contributed by atoms with Crippen LogP contribution in [0.4, 0.5) is 0 Å². The molecule has 1 aromatic heterocycles. The van der Waals surface area contributed by atoms with Gasteiger partial charge in [0.05, 0.1) is 22.6 Å². The SMILES string of the molecule is CN(C)C(c1ccc(C(=O)O)cc1)c1nc2c(-c3ccc(C4=CCCCC4)cc3)cccc2[nH]1. The summed E-state index contributed by atoms with van der Waals surface area (Å²) in [5, 5.41) is 9.23. The zero-order valence-electron chi connectivity index (χ0n) is 19.6. The Bertz CT molecular complexity index is 1350. The molecule has 2 N–H and O–H groups in total. The Labute approximate surface area is 199 Å². The minimum absolute atomic E-state index is 0.122. The van der Waals surface area contributed by atoms with Crippen molar-refractivity contribution in [3.8, 4) is 11.1 Å². The Balaban J connectivity index is 1.51. The zero-order chi connectivity index (χ0) is 23.7. The van der Waals surface area contributed by atoms with Crippen molar-refractivity contribution in [2.24, 2.45) is 0 Å². The zero-order valence-corrected chi connectivity index (χ0v) is 19.6. The van der Waals surface area contributed by atoms with Crippen molar-refractivity contribution >= 4 is 22.6 Å². The summed E-state index contributed by atoms with van der Waals surface area (Å²) in [6.07, 6.45) is 7.29. The summed E-state index contributed by atoms with van der Waals surface area (Å²) in [5.74, 6) is -0.0911. The maximum atomic E-state index is 11.3. The standard InChI is InChI=1S/C29H29N3O2/c1-32(2)27(22-15-17-23(18-16-22)29(33)34)28-30-25-10-6-9-24(26(25)31-28)21-13-11-20(12-14-21)19-7-4-3-5-8-19/h6-7,9-18,27H,3-5,8H2,1-2H3,(H,30,31)(H,33,34). The average molecular weight is 452 g/mol. The third-order valence-electron chi connectivity index (χ3n) is 6.64. The molecule has 4 aromatic rings. The van der Waals surface area contributed by atoms with E-state index in [1.165, 1.54) is 30.4 Å². The first-order valence-corrected chi connectivity index (χ1v) is 11.8. The van der Waals surface area contributed by atoms with Gasteiger partial charge in [0, 0.05) is 5.56 Å². The van der Waals surface area contributed by atoms with Crippen LogP contribution in [0.25, 0.3) is 27.7 Å². The second-order valence-corrected chi connectivity index (χ2v) is 9.17. The number of allylic oxidation sites excluding steroid dienone is 2. The number of carboxylic acids is 1. The van der Waals surface area contributed by atoms with Gasteiger partial charge in [0.2, 0.25) is 0 Å². The lowest BCUT2D eigenvalue weighted by Crippen LogP contribution is -2.22.